The summed E-state index contributed by atoms with van der Waals surface area (Å²) < 4.78 is 2.61. The van der Waals surface area contributed by atoms with Crippen molar-refractivity contribution in [3.05, 3.63) is 36.0 Å². The van der Waals surface area contributed by atoms with E-state index in [1.54, 1.807) is 5.56 Å². The van der Waals surface area contributed by atoms with Crippen LogP contribution in [0.1, 0.15) is 68.9 Å². The van der Waals surface area contributed by atoms with E-state index >= 15 is 0 Å². The van der Waals surface area contributed by atoms with Gasteiger partial charge in [0.25, 0.3) is 0 Å². The third kappa shape index (κ3) is 1.91. The van der Waals surface area contributed by atoms with E-state index in [9.17, 15) is 0 Å². The maximum atomic E-state index is 2.61. The lowest BCUT2D eigenvalue weighted by atomic mass is 9.97. The minimum absolute atomic E-state index is 0.764. The Balaban J connectivity index is 1.84. The summed E-state index contributed by atoms with van der Waals surface area (Å²) in [5, 5.41) is 1.53. The molecule has 4 rings (SSSR count). The zero-order valence-corrected chi connectivity index (χ0v) is 11.6. The molecule has 0 bridgehead atoms. The summed E-state index contributed by atoms with van der Waals surface area (Å²) in [6.07, 6.45) is 13.7. The minimum atomic E-state index is 0.764. The standard InChI is InChI=1S/C18H23N/c1-2-8-14(7-1)17-13-19(15-9-3-4-10-15)18-12-6-5-11-16(17)18/h5-6,11-15H,1-4,7-10H2. The van der Waals surface area contributed by atoms with Gasteiger partial charge in [0.2, 0.25) is 0 Å². The third-order valence-corrected chi connectivity index (χ3v) is 5.28. The lowest BCUT2D eigenvalue weighted by Crippen LogP contribution is -2.02. The van der Waals surface area contributed by atoms with Gasteiger partial charge in [-0.15, -0.1) is 0 Å². The molecule has 2 fully saturated rings. The topological polar surface area (TPSA) is 4.93 Å². The smallest absolute Gasteiger partial charge is 0.0485 e. The van der Waals surface area contributed by atoms with Crippen molar-refractivity contribution in [1.82, 2.24) is 4.57 Å². The monoisotopic (exact) mass is 253 g/mol. The van der Waals surface area contributed by atoms with E-state index < -0.39 is 0 Å². The van der Waals surface area contributed by atoms with Crippen LogP contribution in [0.25, 0.3) is 10.9 Å². The minimum Gasteiger partial charge on any atom is -0.344 e. The molecule has 19 heavy (non-hydrogen) atoms. The van der Waals surface area contributed by atoms with Crippen LogP contribution in [0.4, 0.5) is 0 Å². The molecule has 1 nitrogen and oxygen atoms in total. The second-order valence-electron chi connectivity index (χ2n) is 6.43. The number of hydrogen-bond acceptors (Lipinski definition) is 0. The first-order valence-corrected chi connectivity index (χ1v) is 8.03. The molecular weight excluding hydrogens is 230 g/mol. The van der Waals surface area contributed by atoms with Gasteiger partial charge in [-0.05, 0) is 43.2 Å². The van der Waals surface area contributed by atoms with Crippen LogP contribution in [0.3, 0.4) is 0 Å². The second kappa shape index (κ2) is 4.70. The third-order valence-electron chi connectivity index (χ3n) is 5.28. The number of fused-ring (bicyclic) bond motifs is 1. The molecule has 2 saturated carbocycles. The van der Waals surface area contributed by atoms with Gasteiger partial charge in [0.05, 0.1) is 0 Å². The highest BCUT2D eigenvalue weighted by Gasteiger charge is 2.24. The Labute approximate surface area is 115 Å². The number of rotatable bonds is 2. The summed E-state index contributed by atoms with van der Waals surface area (Å²) in [6, 6.07) is 9.84. The van der Waals surface area contributed by atoms with Crippen molar-refractivity contribution in [2.24, 2.45) is 0 Å². The van der Waals surface area contributed by atoms with Gasteiger partial charge < -0.3 is 4.57 Å². The molecule has 0 amide bonds. The molecule has 0 unspecified atom stereocenters. The molecule has 2 aromatic rings. The molecule has 1 heteroatoms. The van der Waals surface area contributed by atoms with Crippen LogP contribution < -0.4 is 0 Å². The first-order valence-electron chi connectivity index (χ1n) is 8.03. The summed E-state index contributed by atoms with van der Waals surface area (Å²) in [7, 11) is 0. The molecule has 0 spiro atoms. The first-order chi connectivity index (χ1) is 9.43. The first kappa shape index (κ1) is 11.6. The molecule has 1 aromatic heterocycles. The van der Waals surface area contributed by atoms with E-state index in [4.69, 9.17) is 0 Å². The Morgan fingerprint density at radius 1 is 0.842 bits per heavy atom. The number of benzene rings is 1. The highest BCUT2D eigenvalue weighted by Crippen LogP contribution is 2.41. The van der Waals surface area contributed by atoms with Crippen molar-refractivity contribution in [3.63, 3.8) is 0 Å². The number of para-hydroxylation sites is 1. The van der Waals surface area contributed by atoms with Gasteiger partial charge in [0.15, 0.2) is 0 Å². The zero-order chi connectivity index (χ0) is 12.7. The molecule has 0 atom stereocenters. The van der Waals surface area contributed by atoms with Crippen molar-refractivity contribution < 1.29 is 0 Å². The molecule has 2 aliphatic rings. The van der Waals surface area contributed by atoms with Crippen molar-refractivity contribution in [2.75, 3.05) is 0 Å². The highest BCUT2D eigenvalue weighted by molar-refractivity contribution is 5.84. The van der Waals surface area contributed by atoms with E-state index in [1.165, 1.54) is 62.3 Å². The number of aromatic nitrogens is 1. The zero-order valence-electron chi connectivity index (χ0n) is 11.6. The van der Waals surface area contributed by atoms with E-state index in [-0.39, 0.29) is 0 Å². The Morgan fingerprint density at radius 2 is 1.53 bits per heavy atom. The second-order valence-corrected chi connectivity index (χ2v) is 6.43. The van der Waals surface area contributed by atoms with Crippen molar-refractivity contribution in [1.29, 1.82) is 0 Å². The van der Waals surface area contributed by atoms with Crippen molar-refractivity contribution >= 4 is 10.9 Å². The summed E-state index contributed by atoms with van der Waals surface area (Å²) in [5.74, 6) is 0.826. The van der Waals surface area contributed by atoms with Crippen LogP contribution >= 0.6 is 0 Å². The molecule has 0 aliphatic heterocycles. The fraction of sp³-hybridized carbons (Fsp3) is 0.556. The van der Waals surface area contributed by atoms with Crippen molar-refractivity contribution in [3.8, 4) is 0 Å². The predicted molar refractivity (Wildman–Crippen MR) is 80.7 cm³/mol. The van der Waals surface area contributed by atoms with Crippen molar-refractivity contribution in [2.45, 2.75) is 63.3 Å². The molecule has 1 aromatic carbocycles. The van der Waals surface area contributed by atoms with Crippen LogP contribution in [0.5, 0.6) is 0 Å². The maximum absolute atomic E-state index is 2.61. The fourth-order valence-electron chi connectivity index (χ4n) is 4.28. The molecular formula is C18H23N. The van der Waals surface area contributed by atoms with Gasteiger partial charge in [0.1, 0.15) is 0 Å². The van der Waals surface area contributed by atoms with Crippen LogP contribution in [0.2, 0.25) is 0 Å². The van der Waals surface area contributed by atoms with Crippen LogP contribution in [-0.2, 0) is 0 Å². The summed E-state index contributed by atoms with van der Waals surface area (Å²) >= 11 is 0. The van der Waals surface area contributed by atoms with Gasteiger partial charge in [-0.1, -0.05) is 43.9 Å². The van der Waals surface area contributed by atoms with Gasteiger partial charge >= 0.3 is 0 Å². The average Bonchev–Trinajstić information content (AvgIpc) is 3.18. The van der Waals surface area contributed by atoms with Crippen LogP contribution in [-0.4, -0.2) is 4.57 Å². The fourth-order valence-corrected chi connectivity index (χ4v) is 4.28. The summed E-state index contributed by atoms with van der Waals surface area (Å²) in [4.78, 5) is 0. The van der Waals surface area contributed by atoms with Gasteiger partial charge in [-0.3, -0.25) is 0 Å². The molecule has 1 heterocycles. The number of nitrogens with zero attached hydrogens (tertiary/aromatic N) is 1. The Bertz CT molecular complexity index is 518. The largest absolute Gasteiger partial charge is 0.344 e. The van der Waals surface area contributed by atoms with E-state index in [0.717, 1.165) is 12.0 Å². The molecule has 0 saturated heterocycles. The Kier molecular flexibility index (Phi) is 2.86. The summed E-state index contributed by atoms with van der Waals surface area (Å²) in [6.45, 7) is 0. The van der Waals surface area contributed by atoms with E-state index in [2.05, 4.69) is 35.0 Å². The molecule has 100 valence electrons. The Hall–Kier alpha value is -1.24. The SMILES string of the molecule is c1ccc2c(c1)c(C1CCCC1)cn2C1CCCC1. The lowest BCUT2D eigenvalue weighted by Gasteiger charge is -2.13. The predicted octanol–water partition coefficient (Wildman–Crippen LogP) is 5.41. The normalized spacial score (nSPS) is 21.7. The molecule has 2 aliphatic carbocycles. The summed E-state index contributed by atoms with van der Waals surface area (Å²) in [5.41, 5.74) is 3.12. The quantitative estimate of drug-likeness (QED) is 0.674. The average molecular weight is 253 g/mol. The molecule has 0 radical (unpaired) electrons. The van der Waals surface area contributed by atoms with Gasteiger partial charge in [-0.2, -0.15) is 0 Å². The highest BCUT2D eigenvalue weighted by atomic mass is 15.0. The maximum Gasteiger partial charge on any atom is 0.0485 e. The van der Waals surface area contributed by atoms with E-state index in [1.807, 2.05) is 0 Å². The number of hydrogen-bond donors (Lipinski definition) is 0. The lowest BCUT2D eigenvalue weighted by molar-refractivity contribution is 0.532. The molecule has 0 N–H and O–H groups in total. The van der Waals surface area contributed by atoms with Gasteiger partial charge in [0, 0.05) is 23.1 Å². The van der Waals surface area contributed by atoms with E-state index in [0.29, 0.717) is 0 Å². The van der Waals surface area contributed by atoms with Gasteiger partial charge in [-0.25, -0.2) is 0 Å². The van der Waals surface area contributed by atoms with Crippen LogP contribution in [0, 0.1) is 0 Å². The Morgan fingerprint density at radius 3 is 2.32 bits per heavy atom. The van der Waals surface area contributed by atoms with Crippen LogP contribution in [0.15, 0.2) is 30.5 Å².